The molecule has 0 aromatic heterocycles. The molecule has 0 bridgehead atoms. The molecule has 1 fully saturated rings. The van der Waals surface area contributed by atoms with Gasteiger partial charge in [-0.05, 0) is 43.2 Å². The molecule has 2 aliphatic heterocycles. The number of amides is 2. The van der Waals surface area contributed by atoms with Gasteiger partial charge in [0.15, 0.2) is 6.61 Å². The highest BCUT2D eigenvalue weighted by Gasteiger charge is 2.36. The van der Waals surface area contributed by atoms with E-state index in [4.69, 9.17) is 4.74 Å². The summed E-state index contributed by atoms with van der Waals surface area (Å²) in [5, 5.41) is 4.93. The number of nitrogens with one attached hydrogen (secondary N) is 2. The van der Waals surface area contributed by atoms with E-state index in [0.29, 0.717) is 5.69 Å². The molecule has 1 atom stereocenters. The number of carbonyl (C=O) groups excluding carboxylic acids is 3. The fourth-order valence-electron chi connectivity index (χ4n) is 3.55. The topological polar surface area (TPSA) is 87.7 Å². The van der Waals surface area contributed by atoms with Gasteiger partial charge in [0, 0.05) is 12.6 Å². The SMILES string of the molecule is O=C(COC(=O)c1ccc2c(c1)NC(=O)[C@@H]1CCCN21)Nc1cc(F)ccc1F. The fraction of sp³-hybridized carbons (Fsp3) is 0.250. The molecule has 0 aliphatic carbocycles. The third-order valence-corrected chi connectivity index (χ3v) is 4.89. The Kier molecular flexibility index (Phi) is 4.87. The minimum atomic E-state index is -0.811. The maximum atomic E-state index is 13.6. The molecule has 2 N–H and O–H groups in total. The number of benzene rings is 2. The molecule has 2 heterocycles. The van der Waals surface area contributed by atoms with Crippen LogP contribution in [-0.2, 0) is 14.3 Å². The Morgan fingerprint density at radius 3 is 2.86 bits per heavy atom. The number of rotatable bonds is 4. The van der Waals surface area contributed by atoms with E-state index >= 15 is 0 Å². The first-order valence-electron chi connectivity index (χ1n) is 9.06. The van der Waals surface area contributed by atoms with Gasteiger partial charge in [-0.2, -0.15) is 0 Å². The summed E-state index contributed by atoms with van der Waals surface area (Å²) in [6, 6.07) is 7.21. The van der Waals surface area contributed by atoms with Crippen LogP contribution in [0.25, 0.3) is 0 Å². The van der Waals surface area contributed by atoms with Crippen LogP contribution >= 0.6 is 0 Å². The van der Waals surface area contributed by atoms with Gasteiger partial charge in [0.25, 0.3) is 5.91 Å². The van der Waals surface area contributed by atoms with Crippen LogP contribution in [-0.4, -0.2) is 37.0 Å². The highest BCUT2D eigenvalue weighted by Crippen LogP contribution is 2.37. The number of ether oxygens (including phenoxy) is 1. The average Bonchev–Trinajstić information content (AvgIpc) is 3.19. The van der Waals surface area contributed by atoms with Crippen LogP contribution in [0.5, 0.6) is 0 Å². The molecule has 7 nitrogen and oxygen atoms in total. The van der Waals surface area contributed by atoms with Crippen LogP contribution in [0.1, 0.15) is 23.2 Å². The second-order valence-electron chi connectivity index (χ2n) is 6.82. The van der Waals surface area contributed by atoms with E-state index in [1.807, 2.05) is 4.90 Å². The lowest BCUT2D eigenvalue weighted by atomic mass is 10.1. The number of halogens is 2. The number of esters is 1. The summed E-state index contributed by atoms with van der Waals surface area (Å²) < 4.78 is 31.6. The zero-order valence-electron chi connectivity index (χ0n) is 15.2. The summed E-state index contributed by atoms with van der Waals surface area (Å²) >= 11 is 0. The molecule has 0 saturated carbocycles. The minimum Gasteiger partial charge on any atom is -0.452 e. The van der Waals surface area contributed by atoms with Crippen LogP contribution in [0, 0.1) is 11.6 Å². The predicted molar refractivity (Wildman–Crippen MR) is 101 cm³/mol. The van der Waals surface area contributed by atoms with E-state index in [9.17, 15) is 23.2 Å². The number of hydrogen-bond acceptors (Lipinski definition) is 5. The maximum absolute atomic E-state index is 13.6. The maximum Gasteiger partial charge on any atom is 0.338 e. The van der Waals surface area contributed by atoms with Gasteiger partial charge in [-0.3, -0.25) is 9.59 Å². The van der Waals surface area contributed by atoms with Gasteiger partial charge in [0.05, 0.1) is 22.6 Å². The van der Waals surface area contributed by atoms with Gasteiger partial charge in [-0.25, -0.2) is 13.6 Å². The highest BCUT2D eigenvalue weighted by molar-refractivity contribution is 6.05. The van der Waals surface area contributed by atoms with Gasteiger partial charge >= 0.3 is 5.97 Å². The molecule has 29 heavy (non-hydrogen) atoms. The molecular weight excluding hydrogens is 384 g/mol. The number of nitrogens with zero attached hydrogens (tertiary/aromatic N) is 1. The third kappa shape index (κ3) is 3.75. The van der Waals surface area contributed by atoms with Gasteiger partial charge < -0.3 is 20.3 Å². The first-order valence-corrected chi connectivity index (χ1v) is 9.06. The summed E-state index contributed by atoms with van der Waals surface area (Å²) in [7, 11) is 0. The van der Waals surface area contributed by atoms with Crippen LogP contribution in [0.4, 0.5) is 25.8 Å². The molecule has 150 valence electrons. The van der Waals surface area contributed by atoms with Crippen molar-refractivity contribution in [2.24, 2.45) is 0 Å². The van der Waals surface area contributed by atoms with E-state index in [1.54, 1.807) is 12.1 Å². The van der Waals surface area contributed by atoms with Gasteiger partial charge in [0.2, 0.25) is 5.91 Å². The summed E-state index contributed by atoms with van der Waals surface area (Å²) in [4.78, 5) is 38.3. The standard InChI is InChI=1S/C20H17F2N3O4/c21-12-4-5-13(22)14(9-12)23-18(26)10-29-20(28)11-3-6-16-15(8-11)24-19(27)17-2-1-7-25(16)17/h3-6,8-9,17H,1-2,7,10H2,(H,23,26)(H,24,27)/t17-/m0/s1. The third-order valence-electron chi connectivity index (χ3n) is 4.89. The van der Waals surface area contributed by atoms with E-state index in [2.05, 4.69) is 10.6 Å². The Labute approximate surface area is 164 Å². The first kappa shape index (κ1) is 18.9. The van der Waals surface area contributed by atoms with Crippen molar-refractivity contribution in [1.29, 1.82) is 0 Å². The molecule has 9 heteroatoms. The lowest BCUT2D eigenvalue weighted by molar-refractivity contribution is -0.119. The second-order valence-corrected chi connectivity index (χ2v) is 6.82. The van der Waals surface area contributed by atoms with Crippen LogP contribution in [0.15, 0.2) is 36.4 Å². The Morgan fingerprint density at radius 1 is 1.21 bits per heavy atom. The van der Waals surface area contributed by atoms with Crippen LogP contribution in [0.3, 0.4) is 0 Å². The number of anilines is 3. The molecule has 0 spiro atoms. The molecule has 2 amide bonds. The summed E-state index contributed by atoms with van der Waals surface area (Å²) in [5.74, 6) is -3.22. The Bertz CT molecular complexity index is 1010. The van der Waals surface area contributed by atoms with E-state index in [1.165, 1.54) is 6.07 Å². The van der Waals surface area contributed by atoms with Crippen molar-refractivity contribution in [2.45, 2.75) is 18.9 Å². The quantitative estimate of drug-likeness (QED) is 0.770. The van der Waals surface area contributed by atoms with Crippen molar-refractivity contribution in [3.8, 4) is 0 Å². The minimum absolute atomic E-state index is 0.114. The molecule has 2 aromatic carbocycles. The molecule has 2 aliphatic rings. The van der Waals surface area contributed by atoms with Crippen molar-refractivity contribution >= 4 is 34.8 Å². The number of carbonyl (C=O) groups is 3. The Morgan fingerprint density at radius 2 is 2.03 bits per heavy atom. The predicted octanol–water partition coefficient (Wildman–Crippen LogP) is 2.68. The summed E-state index contributed by atoms with van der Waals surface area (Å²) in [6.45, 7) is 0.0954. The lowest BCUT2D eigenvalue weighted by Gasteiger charge is -2.33. The molecule has 4 rings (SSSR count). The normalized spacial score (nSPS) is 17.2. The average molecular weight is 401 g/mol. The molecular formula is C20H17F2N3O4. The van der Waals surface area contributed by atoms with Crippen LogP contribution < -0.4 is 15.5 Å². The van der Waals surface area contributed by atoms with Crippen molar-refractivity contribution in [3.63, 3.8) is 0 Å². The smallest absolute Gasteiger partial charge is 0.338 e. The monoisotopic (exact) mass is 401 g/mol. The molecule has 2 aromatic rings. The van der Waals surface area contributed by atoms with E-state index < -0.39 is 30.1 Å². The molecule has 0 radical (unpaired) electrons. The second kappa shape index (κ2) is 7.50. The summed E-state index contributed by atoms with van der Waals surface area (Å²) in [5.41, 5.74) is 1.16. The van der Waals surface area contributed by atoms with Crippen LogP contribution in [0.2, 0.25) is 0 Å². The molecule has 1 saturated heterocycles. The largest absolute Gasteiger partial charge is 0.452 e. The first-order chi connectivity index (χ1) is 13.9. The fourth-order valence-corrected chi connectivity index (χ4v) is 3.55. The lowest BCUT2D eigenvalue weighted by Crippen LogP contribution is -2.43. The zero-order valence-corrected chi connectivity index (χ0v) is 15.2. The van der Waals surface area contributed by atoms with Crippen molar-refractivity contribution in [2.75, 3.05) is 28.7 Å². The number of hydrogen-bond donors (Lipinski definition) is 2. The van der Waals surface area contributed by atoms with E-state index in [0.717, 1.165) is 43.3 Å². The van der Waals surface area contributed by atoms with Crippen molar-refractivity contribution < 1.29 is 27.9 Å². The Hall–Kier alpha value is -3.49. The summed E-state index contributed by atoms with van der Waals surface area (Å²) in [6.07, 6.45) is 1.71. The number of fused-ring (bicyclic) bond motifs is 3. The highest BCUT2D eigenvalue weighted by atomic mass is 19.1. The van der Waals surface area contributed by atoms with Crippen molar-refractivity contribution in [1.82, 2.24) is 0 Å². The van der Waals surface area contributed by atoms with Crippen molar-refractivity contribution in [3.05, 3.63) is 53.6 Å². The Balaban J connectivity index is 1.40. The van der Waals surface area contributed by atoms with Gasteiger partial charge in [0.1, 0.15) is 17.7 Å². The van der Waals surface area contributed by atoms with E-state index in [-0.39, 0.29) is 23.2 Å². The van der Waals surface area contributed by atoms with Gasteiger partial charge in [-0.1, -0.05) is 0 Å². The zero-order chi connectivity index (χ0) is 20.5. The van der Waals surface area contributed by atoms with Gasteiger partial charge in [-0.15, -0.1) is 0 Å². The molecule has 0 unspecified atom stereocenters.